The van der Waals surface area contributed by atoms with E-state index in [1.165, 1.54) is 36.8 Å². The van der Waals surface area contributed by atoms with Gasteiger partial charge in [-0.25, -0.2) is 4.98 Å². The number of benzene rings is 1. The van der Waals surface area contributed by atoms with Crippen molar-refractivity contribution in [2.45, 2.75) is 45.1 Å². The van der Waals surface area contributed by atoms with Gasteiger partial charge in [0.2, 0.25) is 0 Å². The minimum absolute atomic E-state index is 0.621. The first-order chi connectivity index (χ1) is 8.81. The van der Waals surface area contributed by atoms with Gasteiger partial charge >= 0.3 is 0 Å². The maximum atomic E-state index is 4.66. The predicted molar refractivity (Wildman–Crippen MR) is 79.3 cm³/mol. The van der Waals surface area contributed by atoms with Crippen molar-refractivity contribution in [2.24, 2.45) is 5.92 Å². The van der Waals surface area contributed by atoms with Crippen molar-refractivity contribution in [3.63, 3.8) is 0 Å². The number of aromatic nitrogens is 1. The molecule has 1 fully saturated rings. The van der Waals surface area contributed by atoms with Gasteiger partial charge in [-0.3, -0.25) is 0 Å². The lowest BCUT2D eigenvalue weighted by Crippen LogP contribution is -2.18. The highest BCUT2D eigenvalue weighted by Gasteiger charge is 2.17. The van der Waals surface area contributed by atoms with E-state index >= 15 is 0 Å². The first-order valence-electron chi connectivity index (χ1n) is 6.93. The summed E-state index contributed by atoms with van der Waals surface area (Å²) in [5, 5.41) is 4.73. The zero-order valence-electron chi connectivity index (χ0n) is 10.9. The average molecular weight is 260 g/mol. The van der Waals surface area contributed by atoms with Crippen LogP contribution in [0, 0.1) is 5.92 Å². The van der Waals surface area contributed by atoms with Crippen LogP contribution in [0.15, 0.2) is 24.3 Å². The zero-order valence-corrected chi connectivity index (χ0v) is 11.7. The van der Waals surface area contributed by atoms with Crippen LogP contribution in [-0.4, -0.2) is 11.0 Å². The molecule has 1 aliphatic rings. The smallest absolute Gasteiger partial charge is 0.184 e. The summed E-state index contributed by atoms with van der Waals surface area (Å²) in [5.74, 6) is 0.896. The third-order valence-corrected chi connectivity index (χ3v) is 4.85. The number of hydrogen-bond acceptors (Lipinski definition) is 3. The third kappa shape index (κ3) is 2.66. The Labute approximate surface area is 112 Å². The lowest BCUT2D eigenvalue weighted by atomic mass is 10.0. The summed E-state index contributed by atoms with van der Waals surface area (Å²) in [6.45, 7) is 2.38. The van der Waals surface area contributed by atoms with E-state index < -0.39 is 0 Å². The van der Waals surface area contributed by atoms with Gasteiger partial charge in [-0.2, -0.15) is 0 Å². The van der Waals surface area contributed by atoms with E-state index in [-0.39, 0.29) is 0 Å². The van der Waals surface area contributed by atoms with E-state index in [1.807, 2.05) is 0 Å². The highest BCUT2D eigenvalue weighted by Crippen LogP contribution is 2.29. The van der Waals surface area contributed by atoms with Gasteiger partial charge in [0, 0.05) is 6.04 Å². The molecule has 0 saturated heterocycles. The van der Waals surface area contributed by atoms with Gasteiger partial charge in [-0.05, 0) is 37.3 Å². The predicted octanol–water partition coefficient (Wildman–Crippen LogP) is 4.68. The Morgan fingerprint density at radius 3 is 2.94 bits per heavy atom. The topological polar surface area (TPSA) is 24.9 Å². The Kier molecular flexibility index (Phi) is 3.50. The Hall–Kier alpha value is -1.09. The Bertz CT molecular complexity index is 487. The molecule has 0 radical (unpaired) electrons. The summed E-state index contributed by atoms with van der Waals surface area (Å²) in [6, 6.07) is 8.99. The molecular formula is C15H20N2S. The number of para-hydroxylation sites is 1. The van der Waals surface area contributed by atoms with Crippen LogP contribution in [-0.2, 0) is 0 Å². The summed E-state index contributed by atoms with van der Waals surface area (Å²) in [4.78, 5) is 4.66. The quantitative estimate of drug-likeness (QED) is 0.793. The van der Waals surface area contributed by atoms with Crippen molar-refractivity contribution in [1.29, 1.82) is 0 Å². The lowest BCUT2D eigenvalue weighted by Gasteiger charge is -2.15. The van der Waals surface area contributed by atoms with Gasteiger partial charge in [-0.15, -0.1) is 0 Å². The fourth-order valence-electron chi connectivity index (χ4n) is 2.74. The second kappa shape index (κ2) is 5.27. The minimum Gasteiger partial charge on any atom is -0.359 e. The fourth-order valence-corrected chi connectivity index (χ4v) is 3.68. The average Bonchev–Trinajstić information content (AvgIpc) is 2.66. The van der Waals surface area contributed by atoms with Crippen LogP contribution < -0.4 is 5.32 Å². The van der Waals surface area contributed by atoms with Gasteiger partial charge in [0.1, 0.15) is 0 Å². The Morgan fingerprint density at radius 1 is 1.17 bits per heavy atom. The van der Waals surface area contributed by atoms with Crippen molar-refractivity contribution in [3.05, 3.63) is 24.3 Å². The molecule has 96 valence electrons. The molecule has 1 aromatic carbocycles. The molecule has 18 heavy (non-hydrogen) atoms. The van der Waals surface area contributed by atoms with Crippen LogP contribution >= 0.6 is 11.3 Å². The van der Waals surface area contributed by atoms with Crippen LogP contribution in [0.4, 0.5) is 5.13 Å². The largest absolute Gasteiger partial charge is 0.359 e. The van der Waals surface area contributed by atoms with Crippen molar-refractivity contribution in [3.8, 4) is 0 Å². The van der Waals surface area contributed by atoms with Gasteiger partial charge in [0.05, 0.1) is 10.2 Å². The molecule has 3 heteroatoms. The molecule has 0 aliphatic heterocycles. The van der Waals surface area contributed by atoms with E-state index in [4.69, 9.17) is 0 Å². The van der Waals surface area contributed by atoms with E-state index in [0.717, 1.165) is 16.6 Å². The standard InChI is InChI=1S/C15H20N2S/c1-11-5-4-6-12(10-9-11)16-15-17-13-7-2-3-8-14(13)18-15/h2-3,7-8,11-12H,4-6,9-10H2,1H3,(H,16,17). The van der Waals surface area contributed by atoms with Crippen LogP contribution in [0.2, 0.25) is 0 Å². The second-order valence-corrected chi connectivity index (χ2v) is 6.47. The van der Waals surface area contributed by atoms with Crippen LogP contribution in [0.5, 0.6) is 0 Å². The summed E-state index contributed by atoms with van der Waals surface area (Å²) in [7, 11) is 0. The molecule has 1 N–H and O–H groups in total. The zero-order chi connectivity index (χ0) is 12.4. The van der Waals surface area contributed by atoms with Gasteiger partial charge in [0.25, 0.3) is 0 Å². The molecule has 0 amide bonds. The molecule has 1 heterocycles. The van der Waals surface area contributed by atoms with E-state index in [9.17, 15) is 0 Å². The van der Waals surface area contributed by atoms with Crippen molar-refractivity contribution in [1.82, 2.24) is 4.98 Å². The second-order valence-electron chi connectivity index (χ2n) is 5.44. The highest BCUT2D eigenvalue weighted by atomic mass is 32.1. The summed E-state index contributed by atoms with van der Waals surface area (Å²) in [6.07, 6.45) is 6.67. The van der Waals surface area contributed by atoms with Crippen molar-refractivity contribution < 1.29 is 0 Å². The molecule has 0 spiro atoms. The fraction of sp³-hybridized carbons (Fsp3) is 0.533. The molecule has 2 unspecified atom stereocenters. The maximum Gasteiger partial charge on any atom is 0.184 e. The molecule has 2 aromatic rings. The van der Waals surface area contributed by atoms with Gasteiger partial charge < -0.3 is 5.32 Å². The number of thiazole rings is 1. The first-order valence-corrected chi connectivity index (χ1v) is 7.75. The monoisotopic (exact) mass is 260 g/mol. The number of hydrogen-bond donors (Lipinski definition) is 1. The Morgan fingerprint density at radius 2 is 2.06 bits per heavy atom. The number of rotatable bonds is 2. The number of fused-ring (bicyclic) bond motifs is 1. The van der Waals surface area contributed by atoms with Gasteiger partial charge in [-0.1, -0.05) is 43.2 Å². The molecule has 2 atom stereocenters. The van der Waals surface area contributed by atoms with E-state index in [2.05, 4.69) is 41.5 Å². The first kappa shape index (κ1) is 12.0. The van der Waals surface area contributed by atoms with E-state index in [1.54, 1.807) is 11.3 Å². The van der Waals surface area contributed by atoms with Crippen LogP contribution in [0.25, 0.3) is 10.2 Å². The summed E-state index contributed by atoms with van der Waals surface area (Å²) < 4.78 is 1.28. The number of nitrogens with zero attached hydrogens (tertiary/aromatic N) is 1. The number of anilines is 1. The van der Waals surface area contributed by atoms with Crippen LogP contribution in [0.1, 0.15) is 39.0 Å². The maximum absolute atomic E-state index is 4.66. The highest BCUT2D eigenvalue weighted by molar-refractivity contribution is 7.22. The van der Waals surface area contributed by atoms with E-state index in [0.29, 0.717) is 6.04 Å². The SMILES string of the molecule is CC1CCCC(Nc2nc3ccccc3s2)CC1. The molecule has 1 saturated carbocycles. The molecular weight excluding hydrogens is 240 g/mol. The summed E-state index contributed by atoms with van der Waals surface area (Å²) in [5.41, 5.74) is 1.12. The molecule has 3 rings (SSSR count). The normalized spacial score (nSPS) is 24.9. The molecule has 1 aromatic heterocycles. The number of nitrogens with one attached hydrogen (secondary N) is 1. The lowest BCUT2D eigenvalue weighted by molar-refractivity contribution is 0.502. The van der Waals surface area contributed by atoms with Gasteiger partial charge in [0.15, 0.2) is 5.13 Å². The summed E-state index contributed by atoms with van der Waals surface area (Å²) >= 11 is 1.78. The minimum atomic E-state index is 0.621. The molecule has 1 aliphatic carbocycles. The molecule has 2 nitrogen and oxygen atoms in total. The van der Waals surface area contributed by atoms with Crippen molar-refractivity contribution in [2.75, 3.05) is 5.32 Å². The van der Waals surface area contributed by atoms with Crippen molar-refractivity contribution >= 4 is 26.7 Å². The molecule has 0 bridgehead atoms. The Balaban J connectivity index is 1.71. The third-order valence-electron chi connectivity index (χ3n) is 3.88. The van der Waals surface area contributed by atoms with Crippen LogP contribution in [0.3, 0.4) is 0 Å².